The van der Waals surface area contributed by atoms with Crippen molar-refractivity contribution < 1.29 is 9.18 Å². The maximum Gasteiger partial charge on any atom is 0.226 e. The van der Waals surface area contributed by atoms with Crippen LogP contribution in [0.15, 0.2) is 0 Å². The van der Waals surface area contributed by atoms with Gasteiger partial charge in [0.25, 0.3) is 0 Å². The second kappa shape index (κ2) is 2.47. The van der Waals surface area contributed by atoms with Crippen LogP contribution in [0, 0.1) is 5.92 Å². The van der Waals surface area contributed by atoms with Gasteiger partial charge in [-0.25, -0.2) is 4.39 Å². The lowest BCUT2D eigenvalue weighted by Gasteiger charge is -2.20. The van der Waals surface area contributed by atoms with Crippen LogP contribution in [0.5, 0.6) is 0 Å². The molecule has 1 N–H and O–H groups in total. The predicted molar refractivity (Wildman–Crippen MR) is 40.9 cm³/mol. The van der Waals surface area contributed by atoms with Crippen LogP contribution < -0.4 is 5.32 Å². The van der Waals surface area contributed by atoms with E-state index in [4.69, 9.17) is 0 Å². The van der Waals surface area contributed by atoms with E-state index in [1.165, 1.54) is 0 Å². The topological polar surface area (TPSA) is 29.1 Å². The molecule has 0 aromatic carbocycles. The Morgan fingerprint density at radius 2 is 2.00 bits per heavy atom. The molecule has 1 saturated carbocycles. The van der Waals surface area contributed by atoms with Crippen molar-refractivity contribution in [1.82, 2.24) is 5.32 Å². The first-order chi connectivity index (χ1) is 4.90. The van der Waals surface area contributed by atoms with Crippen molar-refractivity contribution in [3.63, 3.8) is 0 Å². The van der Waals surface area contributed by atoms with Crippen molar-refractivity contribution in [1.29, 1.82) is 0 Å². The minimum Gasteiger partial charge on any atom is -0.351 e. The molecule has 3 heteroatoms. The maximum absolute atomic E-state index is 12.3. The van der Waals surface area contributed by atoms with Gasteiger partial charge in [0, 0.05) is 5.54 Å². The average molecular weight is 159 g/mol. The van der Waals surface area contributed by atoms with E-state index in [1.807, 2.05) is 20.8 Å². The highest BCUT2D eigenvalue weighted by Gasteiger charge is 2.44. The van der Waals surface area contributed by atoms with Crippen molar-refractivity contribution in [3.8, 4) is 0 Å². The van der Waals surface area contributed by atoms with Gasteiger partial charge in [0.15, 0.2) is 0 Å². The summed E-state index contributed by atoms with van der Waals surface area (Å²) in [4.78, 5) is 11.1. The third kappa shape index (κ3) is 2.48. The standard InChI is InChI=1S/C8H14FNO/c1-8(2,3)10-7(11)5-4-6(5)9/h5-6H,4H2,1-3H3,(H,10,11)/t5-,6-/m1/s1. The summed E-state index contributed by atoms with van der Waals surface area (Å²) in [7, 11) is 0. The fraction of sp³-hybridized carbons (Fsp3) is 0.875. The smallest absolute Gasteiger partial charge is 0.226 e. The van der Waals surface area contributed by atoms with Crippen LogP contribution >= 0.6 is 0 Å². The number of alkyl halides is 1. The molecule has 0 heterocycles. The van der Waals surface area contributed by atoms with Gasteiger partial charge >= 0.3 is 0 Å². The second-order valence-electron chi connectivity index (χ2n) is 4.10. The van der Waals surface area contributed by atoms with E-state index in [0.29, 0.717) is 6.42 Å². The molecule has 0 spiro atoms. The van der Waals surface area contributed by atoms with Crippen LogP contribution in [0.3, 0.4) is 0 Å². The van der Waals surface area contributed by atoms with E-state index < -0.39 is 6.17 Å². The van der Waals surface area contributed by atoms with Gasteiger partial charge in [-0.15, -0.1) is 0 Å². The Hall–Kier alpha value is -0.600. The highest BCUT2D eigenvalue weighted by molar-refractivity contribution is 5.82. The molecule has 1 fully saturated rings. The van der Waals surface area contributed by atoms with Gasteiger partial charge in [-0.1, -0.05) is 0 Å². The number of rotatable bonds is 1. The van der Waals surface area contributed by atoms with E-state index in [0.717, 1.165) is 0 Å². The fourth-order valence-electron chi connectivity index (χ4n) is 0.898. The fourth-order valence-corrected chi connectivity index (χ4v) is 0.898. The molecule has 0 radical (unpaired) electrons. The number of halogens is 1. The summed E-state index contributed by atoms with van der Waals surface area (Å²) in [5.41, 5.74) is -0.237. The Bertz CT molecular complexity index is 173. The van der Waals surface area contributed by atoms with Crippen LogP contribution in [0.2, 0.25) is 0 Å². The molecule has 0 saturated heterocycles. The molecule has 1 aliphatic carbocycles. The van der Waals surface area contributed by atoms with E-state index in [-0.39, 0.29) is 17.4 Å². The first-order valence-electron chi connectivity index (χ1n) is 3.86. The molecule has 1 aliphatic rings. The molecular weight excluding hydrogens is 145 g/mol. The molecule has 0 unspecified atom stereocenters. The van der Waals surface area contributed by atoms with Crippen LogP contribution in [0.1, 0.15) is 27.2 Å². The lowest BCUT2D eigenvalue weighted by Crippen LogP contribution is -2.41. The predicted octanol–water partition coefficient (Wildman–Crippen LogP) is 1.26. The minimum atomic E-state index is -0.891. The summed E-state index contributed by atoms with van der Waals surface area (Å²) in [5, 5.41) is 2.73. The van der Waals surface area contributed by atoms with Crippen molar-refractivity contribution in [2.75, 3.05) is 0 Å². The first kappa shape index (κ1) is 8.50. The Morgan fingerprint density at radius 1 is 1.55 bits per heavy atom. The number of amides is 1. The zero-order valence-electron chi connectivity index (χ0n) is 7.15. The van der Waals surface area contributed by atoms with Crippen LogP contribution in [-0.2, 0) is 4.79 Å². The summed E-state index contributed by atoms with van der Waals surface area (Å²) >= 11 is 0. The third-order valence-corrected chi connectivity index (χ3v) is 1.55. The SMILES string of the molecule is CC(C)(C)NC(=O)[C@@H]1C[C@H]1F. The lowest BCUT2D eigenvalue weighted by molar-refractivity contribution is -0.124. The number of hydrogen-bond donors (Lipinski definition) is 1. The van der Waals surface area contributed by atoms with E-state index in [1.54, 1.807) is 0 Å². The Kier molecular flexibility index (Phi) is 1.90. The molecule has 11 heavy (non-hydrogen) atoms. The lowest BCUT2D eigenvalue weighted by atomic mass is 10.1. The molecule has 2 nitrogen and oxygen atoms in total. The van der Waals surface area contributed by atoms with Crippen molar-refractivity contribution in [2.24, 2.45) is 5.92 Å². The molecule has 0 aromatic heterocycles. The summed E-state index contributed by atoms with van der Waals surface area (Å²) in [5.74, 6) is -0.515. The molecular formula is C8H14FNO. The number of carbonyl (C=O) groups excluding carboxylic acids is 1. The van der Waals surface area contributed by atoms with Gasteiger partial charge in [-0.05, 0) is 27.2 Å². The Balaban J connectivity index is 2.33. The van der Waals surface area contributed by atoms with Crippen molar-refractivity contribution >= 4 is 5.91 Å². The molecule has 0 bridgehead atoms. The molecule has 1 amide bonds. The number of nitrogens with one attached hydrogen (secondary N) is 1. The second-order valence-corrected chi connectivity index (χ2v) is 4.10. The number of carbonyl (C=O) groups is 1. The third-order valence-electron chi connectivity index (χ3n) is 1.55. The summed E-state index contributed by atoms with van der Waals surface area (Å²) < 4.78 is 12.3. The summed E-state index contributed by atoms with van der Waals surface area (Å²) in [6.07, 6.45) is -0.487. The highest BCUT2D eigenvalue weighted by Crippen LogP contribution is 2.34. The van der Waals surface area contributed by atoms with Crippen LogP contribution in [0.25, 0.3) is 0 Å². The highest BCUT2D eigenvalue weighted by atomic mass is 19.1. The average Bonchev–Trinajstić information content (AvgIpc) is 2.41. The Labute approximate surface area is 66.2 Å². The van der Waals surface area contributed by atoms with Gasteiger partial charge in [0.05, 0.1) is 5.92 Å². The van der Waals surface area contributed by atoms with Gasteiger partial charge in [-0.3, -0.25) is 4.79 Å². The quantitative estimate of drug-likeness (QED) is 0.613. The summed E-state index contributed by atoms with van der Waals surface area (Å²) in [6.45, 7) is 5.67. The van der Waals surface area contributed by atoms with E-state index in [9.17, 15) is 9.18 Å². The van der Waals surface area contributed by atoms with E-state index >= 15 is 0 Å². The normalized spacial score (nSPS) is 29.8. The molecule has 64 valence electrons. The van der Waals surface area contributed by atoms with Gasteiger partial charge in [0.2, 0.25) is 5.91 Å². The van der Waals surface area contributed by atoms with Gasteiger partial charge in [0.1, 0.15) is 6.17 Å². The van der Waals surface area contributed by atoms with Crippen molar-refractivity contribution in [2.45, 2.75) is 38.9 Å². The first-order valence-corrected chi connectivity index (χ1v) is 3.86. The zero-order chi connectivity index (χ0) is 8.65. The zero-order valence-corrected chi connectivity index (χ0v) is 7.15. The minimum absolute atomic E-state index is 0.148. The van der Waals surface area contributed by atoms with E-state index in [2.05, 4.69) is 5.32 Å². The van der Waals surface area contributed by atoms with Crippen LogP contribution in [0.4, 0.5) is 4.39 Å². The molecule has 0 aliphatic heterocycles. The molecule has 2 atom stereocenters. The number of hydrogen-bond acceptors (Lipinski definition) is 1. The largest absolute Gasteiger partial charge is 0.351 e. The van der Waals surface area contributed by atoms with Crippen LogP contribution in [-0.4, -0.2) is 17.6 Å². The van der Waals surface area contributed by atoms with Gasteiger partial charge in [-0.2, -0.15) is 0 Å². The van der Waals surface area contributed by atoms with Crippen molar-refractivity contribution in [3.05, 3.63) is 0 Å². The van der Waals surface area contributed by atoms with Gasteiger partial charge < -0.3 is 5.32 Å². The maximum atomic E-state index is 12.3. The molecule has 1 rings (SSSR count). The molecule has 0 aromatic rings. The Morgan fingerprint density at radius 3 is 2.27 bits per heavy atom. The summed E-state index contributed by atoms with van der Waals surface area (Å²) in [6, 6.07) is 0. The monoisotopic (exact) mass is 159 g/mol.